The van der Waals surface area contributed by atoms with Gasteiger partial charge in [-0.05, 0) is 56.1 Å². The van der Waals surface area contributed by atoms with E-state index in [0.717, 1.165) is 18.2 Å². The summed E-state index contributed by atoms with van der Waals surface area (Å²) < 4.78 is 6.04. The Labute approximate surface area is 102 Å². The first-order chi connectivity index (χ1) is 8.35. The number of ether oxygens (including phenoxy) is 1. The molecule has 0 aliphatic carbocycles. The maximum absolute atomic E-state index is 8.74. The van der Waals surface area contributed by atoms with Crippen LogP contribution in [0.25, 0.3) is 0 Å². The van der Waals surface area contributed by atoms with Crippen LogP contribution in [0.15, 0.2) is 24.3 Å². The van der Waals surface area contributed by atoms with Crippen LogP contribution >= 0.6 is 0 Å². The van der Waals surface area contributed by atoms with Gasteiger partial charge in [0.25, 0.3) is 0 Å². The summed E-state index contributed by atoms with van der Waals surface area (Å²) in [7, 11) is 0. The summed E-state index contributed by atoms with van der Waals surface area (Å²) in [6.07, 6.45) is 2.87. The molecule has 1 atom stereocenters. The maximum Gasteiger partial charge on any atom is 0.119 e. The molecule has 0 spiro atoms. The van der Waals surface area contributed by atoms with Crippen LogP contribution in [0, 0.1) is 17.2 Å². The molecule has 1 aromatic rings. The molecular weight excluding hydrogens is 212 g/mol. The summed E-state index contributed by atoms with van der Waals surface area (Å²) >= 11 is 0. The Morgan fingerprint density at radius 3 is 2.41 bits per heavy atom. The van der Waals surface area contributed by atoms with E-state index in [-0.39, 0.29) is 0 Å². The molecule has 0 radical (unpaired) electrons. The number of piperidine rings is 3. The average Bonchev–Trinajstić information content (AvgIpc) is 2.41. The highest BCUT2D eigenvalue weighted by molar-refractivity contribution is 5.34. The van der Waals surface area contributed by atoms with Crippen molar-refractivity contribution in [2.24, 2.45) is 5.92 Å². The summed E-state index contributed by atoms with van der Waals surface area (Å²) in [5.41, 5.74) is 0.686. The Morgan fingerprint density at radius 1 is 1.18 bits per heavy atom. The van der Waals surface area contributed by atoms with Gasteiger partial charge in [-0.25, -0.2) is 0 Å². The Bertz CT molecular complexity index is 427. The molecule has 4 rings (SSSR count). The Kier molecular flexibility index (Phi) is 2.74. The molecule has 0 saturated carbocycles. The first kappa shape index (κ1) is 10.6. The van der Waals surface area contributed by atoms with Gasteiger partial charge in [0.15, 0.2) is 0 Å². The Balaban J connectivity index is 1.68. The van der Waals surface area contributed by atoms with Crippen molar-refractivity contribution in [2.45, 2.75) is 18.9 Å². The molecule has 3 nitrogen and oxygen atoms in total. The van der Waals surface area contributed by atoms with Gasteiger partial charge >= 0.3 is 0 Å². The highest BCUT2D eigenvalue weighted by atomic mass is 16.5. The van der Waals surface area contributed by atoms with E-state index in [1.165, 1.54) is 25.9 Å². The number of hydrogen-bond acceptors (Lipinski definition) is 3. The fraction of sp³-hybridized carbons (Fsp3) is 0.500. The highest BCUT2D eigenvalue weighted by Crippen LogP contribution is 2.30. The van der Waals surface area contributed by atoms with Crippen LogP contribution in [-0.2, 0) is 0 Å². The van der Waals surface area contributed by atoms with Crippen molar-refractivity contribution in [3.8, 4) is 11.8 Å². The van der Waals surface area contributed by atoms with Gasteiger partial charge < -0.3 is 4.74 Å². The minimum Gasteiger partial charge on any atom is -0.489 e. The van der Waals surface area contributed by atoms with Crippen LogP contribution in [-0.4, -0.2) is 30.6 Å². The monoisotopic (exact) mass is 228 g/mol. The summed E-state index contributed by atoms with van der Waals surface area (Å²) in [6.45, 7) is 3.53. The first-order valence-corrected chi connectivity index (χ1v) is 6.24. The summed E-state index contributed by atoms with van der Waals surface area (Å²) in [5.74, 6) is 1.61. The van der Waals surface area contributed by atoms with E-state index < -0.39 is 0 Å². The van der Waals surface area contributed by atoms with E-state index in [9.17, 15) is 0 Å². The van der Waals surface area contributed by atoms with E-state index in [1.54, 1.807) is 0 Å². The van der Waals surface area contributed by atoms with Crippen molar-refractivity contribution >= 4 is 0 Å². The van der Waals surface area contributed by atoms with Crippen molar-refractivity contribution in [1.29, 1.82) is 5.26 Å². The molecule has 0 amide bonds. The maximum atomic E-state index is 8.74. The molecule has 17 heavy (non-hydrogen) atoms. The van der Waals surface area contributed by atoms with Crippen LogP contribution < -0.4 is 4.74 Å². The van der Waals surface area contributed by atoms with Gasteiger partial charge in [0, 0.05) is 6.54 Å². The van der Waals surface area contributed by atoms with Crippen molar-refractivity contribution in [2.75, 3.05) is 19.6 Å². The summed E-state index contributed by atoms with van der Waals surface area (Å²) in [5, 5.41) is 8.74. The van der Waals surface area contributed by atoms with Gasteiger partial charge in [-0.3, -0.25) is 4.90 Å². The first-order valence-electron chi connectivity index (χ1n) is 6.24. The second-order valence-electron chi connectivity index (χ2n) is 4.93. The van der Waals surface area contributed by atoms with E-state index in [2.05, 4.69) is 11.0 Å². The zero-order valence-corrected chi connectivity index (χ0v) is 9.80. The molecule has 1 unspecified atom stereocenters. The molecular formula is C14H16N2O. The summed E-state index contributed by atoms with van der Waals surface area (Å²) in [4.78, 5) is 2.48. The highest BCUT2D eigenvalue weighted by Gasteiger charge is 2.35. The lowest BCUT2D eigenvalue weighted by atomic mass is 9.86. The standard InChI is InChI=1S/C14H16N2O/c15-9-11-1-3-13(4-2-11)17-14-10-16-7-5-12(14)6-8-16/h1-4,12,14H,5-8,10H2. The normalized spacial score (nSPS) is 30.9. The molecule has 0 N–H and O–H groups in total. The zero-order chi connectivity index (χ0) is 11.7. The molecule has 0 aromatic heterocycles. The fourth-order valence-corrected chi connectivity index (χ4v) is 2.83. The van der Waals surface area contributed by atoms with Crippen molar-refractivity contribution < 1.29 is 4.74 Å². The summed E-state index contributed by atoms with van der Waals surface area (Å²) in [6, 6.07) is 9.55. The SMILES string of the molecule is N#Cc1ccc(OC2CN3CCC2CC3)cc1. The minimum atomic E-state index is 0.338. The molecule has 3 heterocycles. The van der Waals surface area contributed by atoms with Gasteiger partial charge in [0.1, 0.15) is 11.9 Å². The molecule has 3 saturated heterocycles. The number of benzene rings is 1. The van der Waals surface area contributed by atoms with Crippen LogP contribution in [0.2, 0.25) is 0 Å². The van der Waals surface area contributed by atoms with Crippen LogP contribution in [0.4, 0.5) is 0 Å². The van der Waals surface area contributed by atoms with Crippen LogP contribution in [0.3, 0.4) is 0 Å². The van der Waals surface area contributed by atoms with Gasteiger partial charge in [-0.1, -0.05) is 0 Å². The van der Waals surface area contributed by atoms with Crippen LogP contribution in [0.1, 0.15) is 18.4 Å². The Morgan fingerprint density at radius 2 is 1.88 bits per heavy atom. The third-order valence-corrected chi connectivity index (χ3v) is 3.87. The molecule has 3 aliphatic rings. The molecule has 1 aromatic carbocycles. The molecule has 88 valence electrons. The van der Waals surface area contributed by atoms with E-state index in [1.807, 2.05) is 24.3 Å². The van der Waals surface area contributed by atoms with Crippen molar-refractivity contribution in [3.63, 3.8) is 0 Å². The quantitative estimate of drug-likeness (QED) is 0.777. The molecule has 2 bridgehead atoms. The van der Waals surface area contributed by atoms with Crippen LogP contribution in [0.5, 0.6) is 5.75 Å². The number of nitriles is 1. The van der Waals surface area contributed by atoms with Gasteiger partial charge in [-0.2, -0.15) is 5.26 Å². The lowest BCUT2D eigenvalue weighted by Crippen LogP contribution is -2.52. The Hall–Kier alpha value is -1.53. The number of rotatable bonds is 2. The predicted molar refractivity (Wildman–Crippen MR) is 64.7 cm³/mol. The van der Waals surface area contributed by atoms with Gasteiger partial charge in [0.05, 0.1) is 11.6 Å². The number of nitrogens with zero attached hydrogens (tertiary/aromatic N) is 2. The largest absolute Gasteiger partial charge is 0.489 e. The lowest BCUT2D eigenvalue weighted by Gasteiger charge is -2.44. The fourth-order valence-electron chi connectivity index (χ4n) is 2.83. The van der Waals surface area contributed by atoms with Crippen molar-refractivity contribution in [1.82, 2.24) is 4.90 Å². The third-order valence-electron chi connectivity index (χ3n) is 3.87. The second-order valence-corrected chi connectivity index (χ2v) is 4.93. The number of fused-ring (bicyclic) bond motifs is 3. The van der Waals surface area contributed by atoms with E-state index >= 15 is 0 Å². The van der Waals surface area contributed by atoms with Gasteiger partial charge in [-0.15, -0.1) is 0 Å². The average molecular weight is 228 g/mol. The molecule has 3 heteroatoms. The smallest absolute Gasteiger partial charge is 0.119 e. The second kappa shape index (κ2) is 4.38. The molecule has 3 aliphatic heterocycles. The zero-order valence-electron chi connectivity index (χ0n) is 9.80. The van der Waals surface area contributed by atoms with E-state index in [0.29, 0.717) is 11.7 Å². The number of hydrogen-bond donors (Lipinski definition) is 0. The van der Waals surface area contributed by atoms with E-state index in [4.69, 9.17) is 10.00 Å². The predicted octanol–water partition coefficient (Wildman–Crippen LogP) is 2.03. The minimum absolute atomic E-state index is 0.338. The third kappa shape index (κ3) is 2.13. The van der Waals surface area contributed by atoms with Gasteiger partial charge in [0.2, 0.25) is 0 Å². The lowest BCUT2D eigenvalue weighted by molar-refractivity contribution is -0.00775. The topological polar surface area (TPSA) is 36.3 Å². The molecule has 3 fully saturated rings. The van der Waals surface area contributed by atoms with Crippen molar-refractivity contribution in [3.05, 3.63) is 29.8 Å².